The maximum atomic E-state index is 6.60. The van der Waals surface area contributed by atoms with Crippen LogP contribution in [0, 0.1) is 18.8 Å². The molecule has 0 atom stereocenters. The van der Waals surface area contributed by atoms with Gasteiger partial charge in [-0.05, 0) is 61.6 Å². The second kappa shape index (κ2) is 5.22. The standard InChI is InChI=1S/C16H24ClN/c1-11(2)13-6-8-16(18,9-7-13)14-5-4-12(3)15(17)10-14/h4-5,10-11,13H,6-9,18H2,1-3H3. The van der Waals surface area contributed by atoms with Crippen molar-refractivity contribution in [3.8, 4) is 0 Å². The molecule has 0 spiro atoms. The molecule has 1 fully saturated rings. The minimum absolute atomic E-state index is 0.164. The van der Waals surface area contributed by atoms with E-state index in [1.165, 1.54) is 18.4 Å². The molecular weight excluding hydrogens is 242 g/mol. The second-order valence-corrected chi connectivity index (χ2v) is 6.61. The zero-order chi connectivity index (χ0) is 13.3. The molecule has 2 N–H and O–H groups in total. The van der Waals surface area contributed by atoms with Gasteiger partial charge in [-0.2, -0.15) is 0 Å². The van der Waals surface area contributed by atoms with Crippen molar-refractivity contribution < 1.29 is 0 Å². The number of nitrogens with two attached hydrogens (primary N) is 1. The second-order valence-electron chi connectivity index (χ2n) is 6.20. The van der Waals surface area contributed by atoms with Gasteiger partial charge in [-0.15, -0.1) is 0 Å². The summed E-state index contributed by atoms with van der Waals surface area (Å²) in [4.78, 5) is 0. The van der Waals surface area contributed by atoms with E-state index >= 15 is 0 Å². The van der Waals surface area contributed by atoms with E-state index in [-0.39, 0.29) is 5.54 Å². The van der Waals surface area contributed by atoms with Gasteiger partial charge < -0.3 is 5.73 Å². The fourth-order valence-corrected chi connectivity index (χ4v) is 3.19. The number of benzene rings is 1. The Bertz CT molecular complexity index is 417. The van der Waals surface area contributed by atoms with Gasteiger partial charge in [0.15, 0.2) is 0 Å². The van der Waals surface area contributed by atoms with Crippen molar-refractivity contribution in [2.45, 2.75) is 52.0 Å². The first-order valence-corrected chi connectivity index (χ1v) is 7.36. The van der Waals surface area contributed by atoms with Crippen molar-refractivity contribution in [3.63, 3.8) is 0 Å². The maximum absolute atomic E-state index is 6.60. The lowest BCUT2D eigenvalue weighted by Crippen LogP contribution is -2.41. The Morgan fingerprint density at radius 2 is 1.89 bits per heavy atom. The monoisotopic (exact) mass is 265 g/mol. The highest BCUT2D eigenvalue weighted by atomic mass is 35.5. The van der Waals surface area contributed by atoms with Crippen LogP contribution in [0.4, 0.5) is 0 Å². The van der Waals surface area contributed by atoms with Gasteiger partial charge in [0.1, 0.15) is 0 Å². The fraction of sp³-hybridized carbons (Fsp3) is 0.625. The van der Waals surface area contributed by atoms with Gasteiger partial charge in [-0.1, -0.05) is 37.6 Å². The molecule has 0 saturated heterocycles. The van der Waals surface area contributed by atoms with Crippen LogP contribution in [0.1, 0.15) is 50.7 Å². The third-order valence-electron chi connectivity index (χ3n) is 4.61. The van der Waals surface area contributed by atoms with Crippen LogP contribution >= 0.6 is 11.6 Å². The molecule has 2 rings (SSSR count). The SMILES string of the molecule is Cc1ccc(C2(N)CCC(C(C)C)CC2)cc1Cl. The Kier molecular flexibility index (Phi) is 4.03. The number of hydrogen-bond acceptors (Lipinski definition) is 1. The molecule has 1 aliphatic rings. The average molecular weight is 266 g/mol. The molecule has 0 aromatic heterocycles. The molecule has 1 aromatic carbocycles. The Balaban J connectivity index is 2.15. The normalized spacial score (nSPS) is 28.7. The van der Waals surface area contributed by atoms with Crippen molar-refractivity contribution >= 4 is 11.6 Å². The van der Waals surface area contributed by atoms with E-state index in [0.29, 0.717) is 0 Å². The van der Waals surface area contributed by atoms with E-state index in [4.69, 9.17) is 17.3 Å². The fourth-order valence-electron chi connectivity index (χ4n) is 3.01. The van der Waals surface area contributed by atoms with Crippen LogP contribution in [0.15, 0.2) is 18.2 Å². The van der Waals surface area contributed by atoms with Crippen LogP contribution in [-0.2, 0) is 5.54 Å². The van der Waals surface area contributed by atoms with Gasteiger partial charge in [0, 0.05) is 10.6 Å². The van der Waals surface area contributed by atoms with E-state index in [2.05, 4.69) is 32.0 Å². The van der Waals surface area contributed by atoms with Crippen LogP contribution in [0.25, 0.3) is 0 Å². The van der Waals surface area contributed by atoms with Gasteiger partial charge in [0.25, 0.3) is 0 Å². The molecule has 0 unspecified atom stereocenters. The summed E-state index contributed by atoms with van der Waals surface area (Å²) < 4.78 is 0. The van der Waals surface area contributed by atoms with E-state index in [0.717, 1.165) is 35.3 Å². The van der Waals surface area contributed by atoms with E-state index in [1.54, 1.807) is 0 Å². The first kappa shape index (κ1) is 13.9. The summed E-state index contributed by atoms with van der Waals surface area (Å²) in [7, 11) is 0. The minimum atomic E-state index is -0.164. The zero-order valence-corrected chi connectivity index (χ0v) is 12.4. The quantitative estimate of drug-likeness (QED) is 0.828. The van der Waals surface area contributed by atoms with Crippen LogP contribution in [-0.4, -0.2) is 0 Å². The zero-order valence-electron chi connectivity index (χ0n) is 11.7. The molecule has 0 heterocycles. The first-order chi connectivity index (χ1) is 8.42. The lowest BCUT2D eigenvalue weighted by Gasteiger charge is -2.39. The number of rotatable bonds is 2. The van der Waals surface area contributed by atoms with Crippen molar-refractivity contribution in [3.05, 3.63) is 34.3 Å². The summed E-state index contributed by atoms with van der Waals surface area (Å²) in [5.41, 5.74) is 8.77. The molecule has 0 aliphatic heterocycles. The summed E-state index contributed by atoms with van der Waals surface area (Å²) in [5, 5.41) is 0.836. The van der Waals surface area contributed by atoms with Gasteiger partial charge >= 0.3 is 0 Å². The van der Waals surface area contributed by atoms with Crippen LogP contribution in [0.3, 0.4) is 0 Å². The Morgan fingerprint density at radius 3 is 2.39 bits per heavy atom. The molecule has 1 aromatic rings. The highest BCUT2D eigenvalue weighted by molar-refractivity contribution is 6.31. The molecule has 1 aliphatic carbocycles. The number of halogens is 1. The molecule has 0 bridgehead atoms. The highest BCUT2D eigenvalue weighted by Crippen LogP contribution is 2.40. The summed E-state index contributed by atoms with van der Waals surface area (Å²) in [6, 6.07) is 6.30. The minimum Gasteiger partial charge on any atom is -0.321 e. The maximum Gasteiger partial charge on any atom is 0.0438 e. The van der Waals surface area contributed by atoms with Crippen LogP contribution < -0.4 is 5.73 Å². The van der Waals surface area contributed by atoms with Gasteiger partial charge in [-0.25, -0.2) is 0 Å². The molecule has 0 amide bonds. The summed E-state index contributed by atoms with van der Waals surface area (Å²) in [6.45, 7) is 6.67. The molecule has 1 nitrogen and oxygen atoms in total. The third-order valence-corrected chi connectivity index (χ3v) is 5.02. The van der Waals surface area contributed by atoms with Crippen molar-refractivity contribution in [1.82, 2.24) is 0 Å². The van der Waals surface area contributed by atoms with Gasteiger partial charge in [0.2, 0.25) is 0 Å². The summed E-state index contributed by atoms with van der Waals surface area (Å²) in [5.74, 6) is 1.61. The summed E-state index contributed by atoms with van der Waals surface area (Å²) in [6.07, 6.45) is 4.63. The predicted octanol–water partition coefficient (Wildman–Crippen LogP) is 4.65. The Hall–Kier alpha value is -0.530. The topological polar surface area (TPSA) is 26.0 Å². The largest absolute Gasteiger partial charge is 0.321 e. The first-order valence-electron chi connectivity index (χ1n) is 6.98. The van der Waals surface area contributed by atoms with Crippen molar-refractivity contribution in [2.75, 3.05) is 0 Å². The third kappa shape index (κ3) is 2.73. The molecule has 0 radical (unpaired) electrons. The van der Waals surface area contributed by atoms with Crippen molar-refractivity contribution in [1.29, 1.82) is 0 Å². The number of aryl methyl sites for hydroxylation is 1. The average Bonchev–Trinajstić information content (AvgIpc) is 2.33. The Labute approximate surface area is 116 Å². The van der Waals surface area contributed by atoms with E-state index < -0.39 is 0 Å². The smallest absolute Gasteiger partial charge is 0.0438 e. The Morgan fingerprint density at radius 1 is 1.28 bits per heavy atom. The molecule has 1 saturated carbocycles. The van der Waals surface area contributed by atoms with E-state index in [9.17, 15) is 0 Å². The predicted molar refractivity (Wildman–Crippen MR) is 78.9 cm³/mol. The number of hydrogen-bond donors (Lipinski definition) is 1. The van der Waals surface area contributed by atoms with Crippen molar-refractivity contribution in [2.24, 2.45) is 17.6 Å². The lowest BCUT2D eigenvalue weighted by atomic mass is 9.70. The molecular formula is C16H24ClN. The van der Waals surface area contributed by atoms with Gasteiger partial charge in [0.05, 0.1) is 0 Å². The lowest BCUT2D eigenvalue weighted by molar-refractivity contribution is 0.196. The molecule has 18 heavy (non-hydrogen) atoms. The van der Waals surface area contributed by atoms with Crippen LogP contribution in [0.5, 0.6) is 0 Å². The molecule has 2 heteroatoms. The van der Waals surface area contributed by atoms with E-state index in [1.807, 2.05) is 6.92 Å². The molecule has 100 valence electrons. The summed E-state index contributed by atoms with van der Waals surface area (Å²) >= 11 is 6.22. The van der Waals surface area contributed by atoms with Crippen LogP contribution in [0.2, 0.25) is 5.02 Å². The highest BCUT2D eigenvalue weighted by Gasteiger charge is 2.34. The van der Waals surface area contributed by atoms with Gasteiger partial charge in [-0.3, -0.25) is 0 Å².